The second-order valence-electron chi connectivity index (χ2n) is 4.99. The minimum Gasteiger partial charge on any atom is -0.358 e. The molecule has 0 spiro atoms. The Balaban J connectivity index is 2.06. The smallest absolute Gasteiger partial charge is 0.0459 e. The van der Waals surface area contributed by atoms with Gasteiger partial charge in [0.2, 0.25) is 0 Å². The number of rotatable bonds is 2. The summed E-state index contributed by atoms with van der Waals surface area (Å²) in [6, 6.07) is 8.56. The van der Waals surface area contributed by atoms with Crippen LogP contribution in [0.3, 0.4) is 0 Å². The van der Waals surface area contributed by atoms with E-state index in [1.165, 1.54) is 28.6 Å². The van der Waals surface area contributed by atoms with Gasteiger partial charge in [0.05, 0.1) is 0 Å². The molecule has 2 atom stereocenters. The Bertz CT molecular complexity index is 523. The van der Waals surface area contributed by atoms with Crippen molar-refractivity contribution < 1.29 is 0 Å². The first-order valence-electron chi connectivity index (χ1n) is 6.31. The van der Waals surface area contributed by atoms with Crippen molar-refractivity contribution in [2.75, 3.05) is 13.1 Å². The monoisotopic (exact) mass is 229 g/mol. The van der Waals surface area contributed by atoms with Crippen LogP contribution in [0.4, 0.5) is 0 Å². The van der Waals surface area contributed by atoms with Gasteiger partial charge in [-0.2, -0.15) is 0 Å². The van der Waals surface area contributed by atoms with Crippen molar-refractivity contribution in [1.29, 1.82) is 0 Å². The first-order valence-corrected chi connectivity index (χ1v) is 6.31. The van der Waals surface area contributed by atoms with Crippen LogP contribution in [0.15, 0.2) is 24.3 Å². The zero-order valence-corrected chi connectivity index (χ0v) is 10.2. The number of fused-ring (bicyclic) bond motifs is 1. The quantitative estimate of drug-likeness (QED) is 0.738. The summed E-state index contributed by atoms with van der Waals surface area (Å²) in [6.45, 7) is 4.26. The number of nitrogens with two attached hydrogens (primary N) is 1. The molecule has 0 saturated carbocycles. The van der Waals surface area contributed by atoms with Crippen molar-refractivity contribution in [3.05, 3.63) is 35.5 Å². The Morgan fingerprint density at radius 3 is 2.94 bits per heavy atom. The molecule has 3 rings (SSSR count). The minimum atomic E-state index is 0.140. The van der Waals surface area contributed by atoms with Crippen LogP contribution in [0.2, 0.25) is 0 Å². The largest absolute Gasteiger partial charge is 0.358 e. The first-order chi connectivity index (χ1) is 8.27. The highest BCUT2D eigenvalue weighted by Gasteiger charge is 2.26. The lowest BCUT2D eigenvalue weighted by Gasteiger charge is -2.19. The van der Waals surface area contributed by atoms with Crippen LogP contribution in [0.25, 0.3) is 10.9 Å². The molecular weight excluding hydrogens is 210 g/mol. The molecule has 1 aromatic heterocycles. The molecule has 2 unspecified atom stereocenters. The second-order valence-corrected chi connectivity index (χ2v) is 4.99. The Labute approximate surface area is 101 Å². The summed E-state index contributed by atoms with van der Waals surface area (Å²) in [5.41, 5.74) is 10.2. The molecule has 3 heteroatoms. The van der Waals surface area contributed by atoms with Crippen LogP contribution in [0, 0.1) is 12.8 Å². The fraction of sp³-hybridized carbons (Fsp3) is 0.429. The van der Waals surface area contributed by atoms with Gasteiger partial charge in [-0.15, -0.1) is 0 Å². The number of hydrogen-bond donors (Lipinski definition) is 3. The van der Waals surface area contributed by atoms with E-state index in [1.54, 1.807) is 0 Å². The van der Waals surface area contributed by atoms with Crippen molar-refractivity contribution in [3.8, 4) is 0 Å². The van der Waals surface area contributed by atoms with Gasteiger partial charge < -0.3 is 16.0 Å². The van der Waals surface area contributed by atoms with Crippen molar-refractivity contribution in [3.63, 3.8) is 0 Å². The third kappa shape index (κ3) is 1.75. The average molecular weight is 229 g/mol. The standard InChI is InChI=1S/C14H19N3/c1-9-13(14(15)10-6-7-16-8-10)11-4-2-3-5-12(11)17-9/h2-5,10,14,16-17H,6-8,15H2,1H3. The molecule has 1 aliphatic heterocycles. The SMILES string of the molecule is Cc1[nH]c2ccccc2c1C(N)C1CCNC1. The molecular formula is C14H19N3. The Hall–Kier alpha value is -1.32. The van der Waals surface area contributed by atoms with Crippen LogP contribution < -0.4 is 11.1 Å². The van der Waals surface area contributed by atoms with Gasteiger partial charge in [-0.25, -0.2) is 0 Å². The van der Waals surface area contributed by atoms with Gasteiger partial charge in [0.1, 0.15) is 0 Å². The molecule has 4 N–H and O–H groups in total. The summed E-state index contributed by atoms with van der Waals surface area (Å²) in [5, 5.41) is 4.67. The molecule has 1 aliphatic rings. The molecule has 17 heavy (non-hydrogen) atoms. The Morgan fingerprint density at radius 1 is 1.35 bits per heavy atom. The van der Waals surface area contributed by atoms with Gasteiger partial charge in [-0.1, -0.05) is 18.2 Å². The summed E-state index contributed by atoms with van der Waals surface area (Å²) in [6.07, 6.45) is 1.18. The Morgan fingerprint density at radius 2 is 2.18 bits per heavy atom. The van der Waals surface area contributed by atoms with Gasteiger partial charge in [0, 0.05) is 22.6 Å². The van der Waals surface area contributed by atoms with E-state index >= 15 is 0 Å². The summed E-state index contributed by atoms with van der Waals surface area (Å²) in [5.74, 6) is 0.563. The third-order valence-electron chi connectivity index (χ3n) is 3.88. The Kier molecular flexibility index (Phi) is 2.65. The normalized spacial score (nSPS) is 22.1. The highest BCUT2D eigenvalue weighted by Crippen LogP contribution is 2.32. The van der Waals surface area contributed by atoms with Gasteiger partial charge in [-0.05, 0) is 44.0 Å². The summed E-state index contributed by atoms with van der Waals surface area (Å²) in [4.78, 5) is 3.43. The molecule has 1 fully saturated rings. The molecule has 1 saturated heterocycles. The molecule has 0 amide bonds. The average Bonchev–Trinajstić information content (AvgIpc) is 2.94. The highest BCUT2D eigenvalue weighted by atomic mass is 14.9. The number of nitrogens with one attached hydrogen (secondary N) is 2. The number of para-hydroxylation sites is 1. The lowest BCUT2D eigenvalue weighted by molar-refractivity contribution is 0.471. The minimum absolute atomic E-state index is 0.140. The number of aromatic amines is 1. The van der Waals surface area contributed by atoms with Crippen molar-refractivity contribution in [1.82, 2.24) is 10.3 Å². The summed E-state index contributed by atoms with van der Waals surface area (Å²) in [7, 11) is 0. The maximum absolute atomic E-state index is 6.45. The van der Waals surface area contributed by atoms with Crippen LogP contribution in [0.1, 0.15) is 23.7 Å². The lowest BCUT2D eigenvalue weighted by atomic mass is 9.91. The summed E-state index contributed by atoms with van der Waals surface area (Å²) >= 11 is 0. The van der Waals surface area contributed by atoms with Crippen LogP contribution >= 0.6 is 0 Å². The maximum Gasteiger partial charge on any atom is 0.0459 e. The number of aromatic nitrogens is 1. The number of hydrogen-bond acceptors (Lipinski definition) is 2. The van der Waals surface area contributed by atoms with Gasteiger partial charge >= 0.3 is 0 Å². The number of aryl methyl sites for hydroxylation is 1. The van der Waals surface area contributed by atoms with E-state index in [-0.39, 0.29) is 6.04 Å². The maximum atomic E-state index is 6.45. The zero-order valence-electron chi connectivity index (χ0n) is 10.2. The molecule has 3 nitrogen and oxygen atoms in total. The first kappa shape index (κ1) is 10.8. The summed E-state index contributed by atoms with van der Waals surface area (Å²) < 4.78 is 0. The fourth-order valence-electron chi connectivity index (χ4n) is 2.95. The molecule has 2 aromatic rings. The van der Waals surface area contributed by atoms with Crippen molar-refractivity contribution in [2.24, 2.45) is 11.7 Å². The van der Waals surface area contributed by atoms with Crippen LogP contribution in [-0.4, -0.2) is 18.1 Å². The predicted molar refractivity (Wildman–Crippen MR) is 70.9 cm³/mol. The molecule has 0 radical (unpaired) electrons. The van der Waals surface area contributed by atoms with E-state index in [0.29, 0.717) is 5.92 Å². The van der Waals surface area contributed by atoms with E-state index in [4.69, 9.17) is 5.73 Å². The topological polar surface area (TPSA) is 53.8 Å². The molecule has 1 aromatic carbocycles. The van der Waals surface area contributed by atoms with Crippen LogP contribution in [-0.2, 0) is 0 Å². The molecule has 0 aliphatic carbocycles. The molecule has 0 bridgehead atoms. The van der Waals surface area contributed by atoms with Crippen molar-refractivity contribution in [2.45, 2.75) is 19.4 Å². The lowest BCUT2D eigenvalue weighted by Crippen LogP contribution is -2.23. The second kappa shape index (κ2) is 4.17. The van der Waals surface area contributed by atoms with E-state index < -0.39 is 0 Å². The third-order valence-corrected chi connectivity index (χ3v) is 3.88. The fourth-order valence-corrected chi connectivity index (χ4v) is 2.95. The van der Waals surface area contributed by atoms with Gasteiger partial charge in [0.15, 0.2) is 0 Å². The highest BCUT2D eigenvalue weighted by molar-refractivity contribution is 5.85. The number of benzene rings is 1. The molecule has 2 heterocycles. The van der Waals surface area contributed by atoms with Crippen LogP contribution in [0.5, 0.6) is 0 Å². The van der Waals surface area contributed by atoms with E-state index in [0.717, 1.165) is 13.1 Å². The molecule has 90 valence electrons. The predicted octanol–water partition coefficient (Wildman–Crippen LogP) is 2.09. The van der Waals surface area contributed by atoms with E-state index in [9.17, 15) is 0 Å². The van der Waals surface area contributed by atoms with Gasteiger partial charge in [-0.3, -0.25) is 0 Å². The zero-order chi connectivity index (χ0) is 11.8. The van der Waals surface area contributed by atoms with E-state index in [2.05, 4.69) is 41.5 Å². The van der Waals surface area contributed by atoms with Crippen molar-refractivity contribution >= 4 is 10.9 Å². The van der Waals surface area contributed by atoms with Gasteiger partial charge in [0.25, 0.3) is 0 Å². The number of H-pyrrole nitrogens is 1. The van der Waals surface area contributed by atoms with E-state index in [1.807, 2.05) is 0 Å².